The second-order valence-corrected chi connectivity index (χ2v) is 5.09. The van der Waals surface area contributed by atoms with Gasteiger partial charge in [-0.05, 0) is 41.9 Å². The van der Waals surface area contributed by atoms with E-state index in [0.29, 0.717) is 17.4 Å². The van der Waals surface area contributed by atoms with Crippen molar-refractivity contribution in [1.29, 1.82) is 0 Å². The monoisotopic (exact) mass is 305 g/mol. The summed E-state index contributed by atoms with van der Waals surface area (Å²) in [6.45, 7) is 4.29. The predicted octanol–water partition coefficient (Wildman–Crippen LogP) is 4.04. The van der Waals surface area contributed by atoms with Crippen LogP contribution < -0.4 is 14.8 Å². The Kier molecular flexibility index (Phi) is 5.90. The van der Waals surface area contributed by atoms with Gasteiger partial charge in [-0.25, -0.2) is 0 Å². The zero-order chi connectivity index (χ0) is 15.1. The summed E-state index contributed by atoms with van der Waals surface area (Å²) < 4.78 is 11.0. The number of benzene rings is 2. The van der Waals surface area contributed by atoms with Gasteiger partial charge in [-0.2, -0.15) is 0 Å². The lowest BCUT2D eigenvalue weighted by molar-refractivity contribution is 0.305. The van der Waals surface area contributed by atoms with E-state index in [1.807, 2.05) is 42.5 Å². The summed E-state index contributed by atoms with van der Waals surface area (Å²) in [5, 5.41) is 3.90. The minimum absolute atomic E-state index is 0.462. The smallest absolute Gasteiger partial charge is 0.138 e. The molecule has 112 valence electrons. The Morgan fingerprint density at radius 2 is 1.95 bits per heavy atom. The van der Waals surface area contributed by atoms with E-state index in [1.165, 1.54) is 0 Å². The summed E-state index contributed by atoms with van der Waals surface area (Å²) in [6, 6.07) is 13.7. The molecule has 0 atom stereocenters. The van der Waals surface area contributed by atoms with Gasteiger partial charge in [-0.1, -0.05) is 36.7 Å². The largest absolute Gasteiger partial charge is 0.497 e. The molecule has 0 bridgehead atoms. The Morgan fingerprint density at radius 1 is 1.10 bits per heavy atom. The van der Waals surface area contributed by atoms with Gasteiger partial charge in [0.1, 0.15) is 18.1 Å². The van der Waals surface area contributed by atoms with Gasteiger partial charge in [0, 0.05) is 6.54 Å². The Bertz CT molecular complexity index is 587. The summed E-state index contributed by atoms with van der Waals surface area (Å²) in [6.07, 6.45) is 0. The highest BCUT2D eigenvalue weighted by molar-refractivity contribution is 6.32. The van der Waals surface area contributed by atoms with Gasteiger partial charge >= 0.3 is 0 Å². The number of ether oxygens (including phenoxy) is 2. The van der Waals surface area contributed by atoms with Crippen LogP contribution in [0.2, 0.25) is 5.02 Å². The van der Waals surface area contributed by atoms with E-state index in [2.05, 4.69) is 12.2 Å². The van der Waals surface area contributed by atoms with E-state index in [1.54, 1.807) is 7.11 Å². The Balaban J connectivity index is 1.99. The lowest BCUT2D eigenvalue weighted by Crippen LogP contribution is -2.11. The van der Waals surface area contributed by atoms with Crippen LogP contribution >= 0.6 is 11.6 Å². The molecule has 0 spiro atoms. The summed E-state index contributed by atoms with van der Waals surface area (Å²) in [5.74, 6) is 1.52. The highest BCUT2D eigenvalue weighted by Crippen LogP contribution is 2.26. The van der Waals surface area contributed by atoms with Crippen molar-refractivity contribution in [3.63, 3.8) is 0 Å². The van der Waals surface area contributed by atoms with Crippen LogP contribution in [0.3, 0.4) is 0 Å². The van der Waals surface area contributed by atoms with E-state index >= 15 is 0 Å². The molecule has 21 heavy (non-hydrogen) atoms. The molecule has 2 aromatic carbocycles. The van der Waals surface area contributed by atoms with E-state index < -0.39 is 0 Å². The molecule has 3 nitrogen and oxygen atoms in total. The second-order valence-electron chi connectivity index (χ2n) is 4.69. The maximum absolute atomic E-state index is 6.26. The molecule has 0 aliphatic heterocycles. The van der Waals surface area contributed by atoms with E-state index in [4.69, 9.17) is 21.1 Å². The SMILES string of the molecule is CCNCc1ccc(OCc2cccc(OC)c2)c(Cl)c1. The summed E-state index contributed by atoms with van der Waals surface area (Å²) in [4.78, 5) is 0. The zero-order valence-electron chi connectivity index (χ0n) is 12.4. The molecule has 1 N–H and O–H groups in total. The Morgan fingerprint density at radius 3 is 2.67 bits per heavy atom. The van der Waals surface area contributed by atoms with Crippen LogP contribution in [0, 0.1) is 0 Å². The molecule has 0 aliphatic rings. The van der Waals surface area contributed by atoms with Gasteiger partial charge in [-0.15, -0.1) is 0 Å². The summed E-state index contributed by atoms with van der Waals surface area (Å²) in [5.41, 5.74) is 2.19. The Labute approximate surface area is 130 Å². The van der Waals surface area contributed by atoms with Gasteiger partial charge in [0.15, 0.2) is 0 Å². The fourth-order valence-electron chi connectivity index (χ4n) is 1.96. The van der Waals surface area contributed by atoms with Crippen molar-refractivity contribution < 1.29 is 9.47 Å². The van der Waals surface area contributed by atoms with Crippen LogP contribution in [0.15, 0.2) is 42.5 Å². The quantitative estimate of drug-likeness (QED) is 0.837. The number of methoxy groups -OCH3 is 1. The fraction of sp³-hybridized carbons (Fsp3) is 0.294. The highest BCUT2D eigenvalue weighted by atomic mass is 35.5. The minimum atomic E-state index is 0.462. The Hall–Kier alpha value is -1.71. The van der Waals surface area contributed by atoms with Crippen LogP contribution in [-0.2, 0) is 13.2 Å². The van der Waals surface area contributed by atoms with Gasteiger partial charge < -0.3 is 14.8 Å². The van der Waals surface area contributed by atoms with Crippen LogP contribution in [0.1, 0.15) is 18.1 Å². The van der Waals surface area contributed by atoms with Crippen LogP contribution in [0.25, 0.3) is 0 Å². The molecule has 0 aromatic heterocycles. The van der Waals surface area contributed by atoms with Crippen LogP contribution in [-0.4, -0.2) is 13.7 Å². The normalized spacial score (nSPS) is 10.4. The molecule has 4 heteroatoms. The van der Waals surface area contributed by atoms with Gasteiger partial charge in [0.25, 0.3) is 0 Å². The number of halogens is 1. The van der Waals surface area contributed by atoms with Gasteiger partial charge in [0.05, 0.1) is 12.1 Å². The fourth-order valence-corrected chi connectivity index (χ4v) is 2.22. The highest BCUT2D eigenvalue weighted by Gasteiger charge is 2.04. The molecule has 0 unspecified atom stereocenters. The lowest BCUT2D eigenvalue weighted by atomic mass is 10.2. The molecule has 0 fully saturated rings. The summed E-state index contributed by atoms with van der Waals surface area (Å²) >= 11 is 6.26. The third-order valence-corrected chi connectivity index (χ3v) is 3.40. The maximum atomic E-state index is 6.26. The summed E-state index contributed by atoms with van der Waals surface area (Å²) in [7, 11) is 1.65. The average molecular weight is 306 g/mol. The minimum Gasteiger partial charge on any atom is -0.497 e. The first-order chi connectivity index (χ1) is 10.2. The third-order valence-electron chi connectivity index (χ3n) is 3.10. The van der Waals surface area contributed by atoms with Crippen molar-refractivity contribution in [2.24, 2.45) is 0 Å². The molecule has 2 aromatic rings. The van der Waals surface area contributed by atoms with Crippen molar-refractivity contribution in [1.82, 2.24) is 5.32 Å². The third kappa shape index (κ3) is 4.66. The second kappa shape index (κ2) is 7.91. The first-order valence-electron chi connectivity index (χ1n) is 6.97. The van der Waals surface area contributed by atoms with E-state index in [9.17, 15) is 0 Å². The first kappa shape index (κ1) is 15.7. The van der Waals surface area contributed by atoms with Crippen molar-refractivity contribution in [2.75, 3.05) is 13.7 Å². The standard InChI is InChI=1S/C17H20ClNO2/c1-3-19-11-13-7-8-17(16(18)10-13)21-12-14-5-4-6-15(9-14)20-2/h4-10,19H,3,11-12H2,1-2H3. The molecule has 0 heterocycles. The number of nitrogens with one attached hydrogen (secondary N) is 1. The van der Waals surface area contributed by atoms with Crippen LogP contribution in [0.5, 0.6) is 11.5 Å². The van der Waals surface area contributed by atoms with Crippen LogP contribution in [0.4, 0.5) is 0 Å². The molecular formula is C17H20ClNO2. The van der Waals surface area contributed by atoms with Gasteiger partial charge in [-0.3, -0.25) is 0 Å². The molecule has 0 aliphatic carbocycles. The molecule has 0 amide bonds. The molecular weight excluding hydrogens is 286 g/mol. The van der Waals surface area contributed by atoms with E-state index in [0.717, 1.165) is 30.0 Å². The number of hydrogen-bond acceptors (Lipinski definition) is 3. The molecule has 0 saturated carbocycles. The predicted molar refractivity (Wildman–Crippen MR) is 86.2 cm³/mol. The zero-order valence-corrected chi connectivity index (χ0v) is 13.1. The topological polar surface area (TPSA) is 30.5 Å². The van der Waals surface area contributed by atoms with Crippen molar-refractivity contribution in [3.8, 4) is 11.5 Å². The van der Waals surface area contributed by atoms with Gasteiger partial charge in [0.2, 0.25) is 0 Å². The van der Waals surface area contributed by atoms with Crippen molar-refractivity contribution in [2.45, 2.75) is 20.1 Å². The molecule has 2 rings (SSSR count). The molecule has 0 radical (unpaired) electrons. The maximum Gasteiger partial charge on any atom is 0.138 e. The first-order valence-corrected chi connectivity index (χ1v) is 7.35. The number of rotatable bonds is 7. The molecule has 0 saturated heterocycles. The number of hydrogen-bond donors (Lipinski definition) is 1. The van der Waals surface area contributed by atoms with Crippen molar-refractivity contribution in [3.05, 3.63) is 58.6 Å². The average Bonchev–Trinajstić information content (AvgIpc) is 2.52. The lowest BCUT2D eigenvalue weighted by Gasteiger charge is -2.10. The van der Waals surface area contributed by atoms with Crippen molar-refractivity contribution >= 4 is 11.6 Å². The van der Waals surface area contributed by atoms with E-state index in [-0.39, 0.29) is 0 Å².